The van der Waals surface area contributed by atoms with Crippen LogP contribution in [0.5, 0.6) is 0 Å². The highest BCUT2D eigenvalue weighted by molar-refractivity contribution is 6.30. The average molecular weight is 387 g/mol. The van der Waals surface area contributed by atoms with E-state index in [2.05, 4.69) is 11.4 Å². The molecule has 0 atom stereocenters. The Morgan fingerprint density at radius 2 is 1.64 bits per heavy atom. The molecule has 138 valence electrons. The zero-order valence-electron chi connectivity index (χ0n) is 15.7. The van der Waals surface area contributed by atoms with E-state index >= 15 is 0 Å². The summed E-state index contributed by atoms with van der Waals surface area (Å²) in [5, 5.41) is 4.51. The Balaban J connectivity index is 1.89. The molecule has 28 heavy (non-hydrogen) atoms. The number of nitrogens with zero attached hydrogens (tertiary/aromatic N) is 1. The van der Waals surface area contributed by atoms with Crippen LogP contribution in [0, 0.1) is 13.8 Å². The van der Waals surface area contributed by atoms with Gasteiger partial charge in [0, 0.05) is 21.7 Å². The molecule has 4 aromatic rings. The van der Waals surface area contributed by atoms with Gasteiger partial charge in [-0.05, 0) is 55.8 Å². The van der Waals surface area contributed by atoms with Crippen molar-refractivity contribution in [3.05, 3.63) is 94.5 Å². The maximum Gasteiger partial charge on any atom is 0.256 e. The maximum atomic E-state index is 13.1. The predicted octanol–water partition coefficient (Wildman–Crippen LogP) is 6.42. The first-order valence-corrected chi connectivity index (χ1v) is 9.43. The zero-order chi connectivity index (χ0) is 19.7. The van der Waals surface area contributed by atoms with Crippen LogP contribution in [0.3, 0.4) is 0 Å². The highest BCUT2D eigenvalue weighted by Crippen LogP contribution is 2.29. The first-order chi connectivity index (χ1) is 13.5. The molecule has 0 saturated carbocycles. The quantitative estimate of drug-likeness (QED) is 0.441. The minimum atomic E-state index is -0.154. The largest absolute Gasteiger partial charge is 0.322 e. The van der Waals surface area contributed by atoms with E-state index in [1.807, 2.05) is 80.6 Å². The number of fused-ring (bicyclic) bond motifs is 1. The van der Waals surface area contributed by atoms with E-state index in [1.54, 1.807) is 0 Å². The van der Waals surface area contributed by atoms with Crippen molar-refractivity contribution in [2.75, 3.05) is 5.32 Å². The summed E-state index contributed by atoms with van der Waals surface area (Å²) >= 11 is 6.02. The SMILES string of the molecule is Cc1cc(C)c2nc(-c3ccc(Cl)cc3)cc(C(=O)Nc3ccccc3)c2c1. The number of pyridine rings is 1. The third kappa shape index (κ3) is 3.62. The Morgan fingerprint density at radius 3 is 2.36 bits per heavy atom. The van der Waals surface area contributed by atoms with Gasteiger partial charge in [-0.25, -0.2) is 4.98 Å². The molecule has 0 radical (unpaired) electrons. The lowest BCUT2D eigenvalue weighted by Gasteiger charge is -2.13. The van der Waals surface area contributed by atoms with Crippen molar-refractivity contribution in [2.24, 2.45) is 0 Å². The van der Waals surface area contributed by atoms with E-state index in [1.165, 1.54) is 0 Å². The van der Waals surface area contributed by atoms with Gasteiger partial charge < -0.3 is 5.32 Å². The van der Waals surface area contributed by atoms with E-state index in [-0.39, 0.29) is 5.91 Å². The molecule has 1 amide bonds. The lowest BCUT2D eigenvalue weighted by Crippen LogP contribution is -2.13. The number of hydrogen-bond donors (Lipinski definition) is 1. The number of carbonyl (C=O) groups excluding carboxylic acids is 1. The number of anilines is 1. The van der Waals surface area contributed by atoms with Crippen LogP contribution in [-0.2, 0) is 0 Å². The summed E-state index contributed by atoms with van der Waals surface area (Å²) in [4.78, 5) is 18.0. The summed E-state index contributed by atoms with van der Waals surface area (Å²) in [6, 6.07) is 22.9. The van der Waals surface area contributed by atoms with Crippen molar-refractivity contribution in [1.29, 1.82) is 0 Å². The van der Waals surface area contributed by atoms with Crippen molar-refractivity contribution in [2.45, 2.75) is 13.8 Å². The van der Waals surface area contributed by atoms with Crippen molar-refractivity contribution >= 4 is 34.1 Å². The fraction of sp³-hybridized carbons (Fsp3) is 0.0833. The number of aryl methyl sites for hydroxylation is 2. The van der Waals surface area contributed by atoms with Crippen LogP contribution in [0.15, 0.2) is 72.8 Å². The van der Waals surface area contributed by atoms with Crippen molar-refractivity contribution in [1.82, 2.24) is 4.98 Å². The molecule has 0 bridgehead atoms. The maximum absolute atomic E-state index is 13.1. The number of benzene rings is 3. The Morgan fingerprint density at radius 1 is 0.929 bits per heavy atom. The molecule has 0 aliphatic carbocycles. The molecule has 1 N–H and O–H groups in total. The first kappa shape index (κ1) is 18.2. The third-order valence-corrected chi connectivity index (χ3v) is 4.92. The van der Waals surface area contributed by atoms with Crippen LogP contribution >= 0.6 is 11.6 Å². The Bertz CT molecular complexity index is 1170. The van der Waals surface area contributed by atoms with Crippen LogP contribution in [0.25, 0.3) is 22.2 Å². The van der Waals surface area contributed by atoms with Crippen molar-refractivity contribution in [3.8, 4) is 11.3 Å². The molecule has 0 unspecified atom stereocenters. The lowest BCUT2D eigenvalue weighted by molar-refractivity contribution is 0.102. The molecule has 1 heterocycles. The number of amides is 1. The molecule has 4 rings (SSSR count). The summed E-state index contributed by atoms with van der Waals surface area (Å²) in [5.41, 5.74) is 5.99. The third-order valence-electron chi connectivity index (χ3n) is 4.66. The van der Waals surface area contributed by atoms with Crippen LogP contribution in [0.1, 0.15) is 21.5 Å². The number of para-hydroxylation sites is 1. The standard InChI is InChI=1S/C24H19ClN2O/c1-15-12-16(2)23-20(13-15)21(24(28)26-19-6-4-3-5-7-19)14-22(27-23)17-8-10-18(25)11-9-17/h3-14H,1-2H3,(H,26,28). The molecule has 0 fully saturated rings. The summed E-state index contributed by atoms with van der Waals surface area (Å²) in [7, 11) is 0. The Hall–Kier alpha value is -3.17. The predicted molar refractivity (Wildman–Crippen MR) is 116 cm³/mol. The molecule has 3 nitrogen and oxygen atoms in total. The lowest BCUT2D eigenvalue weighted by atomic mass is 9.99. The summed E-state index contributed by atoms with van der Waals surface area (Å²) < 4.78 is 0. The molecule has 0 saturated heterocycles. The van der Waals surface area contributed by atoms with Gasteiger partial charge in [0.2, 0.25) is 0 Å². The van der Waals surface area contributed by atoms with Crippen molar-refractivity contribution in [3.63, 3.8) is 0 Å². The van der Waals surface area contributed by atoms with Gasteiger partial charge in [-0.1, -0.05) is 53.6 Å². The molecule has 3 aromatic carbocycles. The van der Waals surface area contributed by atoms with Gasteiger partial charge in [0.1, 0.15) is 0 Å². The number of rotatable bonds is 3. The van der Waals surface area contributed by atoms with E-state index in [0.717, 1.165) is 39.0 Å². The van der Waals surface area contributed by atoms with E-state index < -0.39 is 0 Å². The normalized spacial score (nSPS) is 10.8. The number of aromatic nitrogens is 1. The summed E-state index contributed by atoms with van der Waals surface area (Å²) in [5.74, 6) is -0.154. The van der Waals surface area contributed by atoms with Crippen molar-refractivity contribution < 1.29 is 4.79 Å². The van der Waals surface area contributed by atoms with E-state index in [9.17, 15) is 4.79 Å². The summed E-state index contributed by atoms with van der Waals surface area (Å²) in [6.45, 7) is 4.05. The molecule has 4 heteroatoms. The second-order valence-corrected chi connectivity index (χ2v) is 7.30. The fourth-order valence-corrected chi connectivity index (χ4v) is 3.48. The van der Waals surface area contributed by atoms with Gasteiger partial charge in [-0.3, -0.25) is 4.79 Å². The van der Waals surface area contributed by atoms with Crippen LogP contribution < -0.4 is 5.32 Å². The highest BCUT2D eigenvalue weighted by atomic mass is 35.5. The smallest absolute Gasteiger partial charge is 0.256 e. The van der Waals surface area contributed by atoms with Gasteiger partial charge in [0.25, 0.3) is 5.91 Å². The van der Waals surface area contributed by atoms with Crippen LogP contribution in [0.4, 0.5) is 5.69 Å². The Kier molecular flexibility index (Phi) is 4.84. The summed E-state index contributed by atoms with van der Waals surface area (Å²) in [6.07, 6.45) is 0. The number of carbonyl (C=O) groups is 1. The average Bonchev–Trinajstić information content (AvgIpc) is 2.68. The van der Waals surface area contributed by atoms with Gasteiger partial charge in [0.15, 0.2) is 0 Å². The number of halogens is 1. The van der Waals surface area contributed by atoms with Gasteiger partial charge in [-0.15, -0.1) is 0 Å². The minimum Gasteiger partial charge on any atom is -0.322 e. The highest BCUT2D eigenvalue weighted by Gasteiger charge is 2.16. The first-order valence-electron chi connectivity index (χ1n) is 9.05. The molecular weight excluding hydrogens is 368 g/mol. The van der Waals surface area contributed by atoms with E-state index in [0.29, 0.717) is 10.6 Å². The zero-order valence-corrected chi connectivity index (χ0v) is 16.4. The fourth-order valence-electron chi connectivity index (χ4n) is 3.36. The molecule has 0 spiro atoms. The van der Waals surface area contributed by atoms with Crippen LogP contribution in [0.2, 0.25) is 5.02 Å². The number of hydrogen-bond acceptors (Lipinski definition) is 2. The van der Waals surface area contributed by atoms with Gasteiger partial charge in [0.05, 0.1) is 16.8 Å². The monoisotopic (exact) mass is 386 g/mol. The molecule has 1 aromatic heterocycles. The van der Waals surface area contributed by atoms with E-state index in [4.69, 9.17) is 16.6 Å². The molecular formula is C24H19ClN2O. The molecule has 0 aliphatic heterocycles. The second kappa shape index (κ2) is 7.45. The van der Waals surface area contributed by atoms with Gasteiger partial charge >= 0.3 is 0 Å². The van der Waals surface area contributed by atoms with Crippen LogP contribution in [-0.4, -0.2) is 10.9 Å². The molecule has 0 aliphatic rings. The minimum absolute atomic E-state index is 0.154. The second-order valence-electron chi connectivity index (χ2n) is 6.86. The Labute approximate surface area is 169 Å². The number of nitrogens with one attached hydrogen (secondary N) is 1. The topological polar surface area (TPSA) is 42.0 Å². The van der Waals surface area contributed by atoms with Gasteiger partial charge in [-0.2, -0.15) is 0 Å².